The minimum atomic E-state index is -0.359. The Morgan fingerprint density at radius 3 is 2.35 bits per heavy atom. The summed E-state index contributed by atoms with van der Waals surface area (Å²) in [5.74, 6) is 2.59. The second-order valence-corrected chi connectivity index (χ2v) is 14.4. The third kappa shape index (κ3) is 2.89. The Labute approximate surface area is 207 Å². The van der Waals surface area contributed by atoms with Crippen molar-refractivity contribution in [1.82, 2.24) is 5.32 Å². The number of allylic oxidation sites excluding steroid dienone is 2. The molecule has 4 aliphatic carbocycles. The molecule has 4 fully saturated rings. The first-order chi connectivity index (χ1) is 15.7. The van der Waals surface area contributed by atoms with Gasteiger partial charge >= 0.3 is 0 Å². The van der Waals surface area contributed by atoms with Gasteiger partial charge in [-0.3, -0.25) is 9.59 Å². The van der Waals surface area contributed by atoms with Crippen LogP contribution in [0.4, 0.5) is 0 Å². The van der Waals surface area contributed by atoms with Crippen molar-refractivity contribution in [3.8, 4) is 0 Å². The molecule has 9 atom stereocenters. The highest BCUT2D eigenvalue weighted by Crippen LogP contribution is 2.74. The van der Waals surface area contributed by atoms with Gasteiger partial charge in [0, 0.05) is 12.0 Å². The molecular formula is C30H48N2O2. The fourth-order valence-corrected chi connectivity index (χ4v) is 10.7. The summed E-state index contributed by atoms with van der Waals surface area (Å²) in [4.78, 5) is 25.7. The molecule has 0 bridgehead atoms. The Bertz CT molecular complexity index is 938. The number of primary amides is 1. The van der Waals surface area contributed by atoms with Gasteiger partial charge in [0.25, 0.3) is 0 Å². The molecule has 2 amide bonds. The van der Waals surface area contributed by atoms with Gasteiger partial charge in [0.2, 0.25) is 11.8 Å². The molecule has 34 heavy (non-hydrogen) atoms. The fourth-order valence-electron chi connectivity index (χ4n) is 10.7. The number of carbonyl (C=O) groups excluding carboxylic acids is 2. The molecule has 3 saturated carbocycles. The maximum absolute atomic E-state index is 13.0. The summed E-state index contributed by atoms with van der Waals surface area (Å²) < 4.78 is 0. The van der Waals surface area contributed by atoms with E-state index in [9.17, 15) is 9.59 Å². The predicted octanol–water partition coefficient (Wildman–Crippen LogP) is 6.00. The lowest BCUT2D eigenvalue weighted by Gasteiger charge is -2.70. The van der Waals surface area contributed by atoms with Crippen LogP contribution < -0.4 is 11.1 Å². The van der Waals surface area contributed by atoms with Crippen molar-refractivity contribution in [2.45, 2.75) is 112 Å². The summed E-state index contributed by atoms with van der Waals surface area (Å²) in [6, 6.07) is 0. The Morgan fingerprint density at radius 1 is 0.971 bits per heavy atom. The van der Waals surface area contributed by atoms with E-state index in [1.807, 2.05) is 0 Å². The van der Waals surface area contributed by atoms with Crippen LogP contribution in [0.25, 0.3) is 0 Å². The van der Waals surface area contributed by atoms with Crippen molar-refractivity contribution in [1.29, 1.82) is 0 Å². The van der Waals surface area contributed by atoms with Crippen molar-refractivity contribution in [2.24, 2.45) is 57.0 Å². The summed E-state index contributed by atoms with van der Waals surface area (Å²) in [6.07, 6.45) is 11.7. The molecule has 5 aliphatic rings. The summed E-state index contributed by atoms with van der Waals surface area (Å²) in [5.41, 5.74) is 7.65. The second-order valence-electron chi connectivity index (χ2n) is 14.4. The summed E-state index contributed by atoms with van der Waals surface area (Å²) in [6.45, 7) is 16.9. The molecule has 4 heteroatoms. The minimum absolute atomic E-state index is 0.0581. The molecule has 1 heterocycles. The van der Waals surface area contributed by atoms with E-state index >= 15 is 0 Å². The maximum atomic E-state index is 13.0. The Morgan fingerprint density at radius 2 is 1.68 bits per heavy atom. The average Bonchev–Trinajstić information content (AvgIpc) is 2.83. The van der Waals surface area contributed by atoms with E-state index in [4.69, 9.17) is 5.73 Å². The number of fused-ring (bicyclic) bond motifs is 7. The molecule has 1 saturated heterocycles. The number of nitrogens with one attached hydrogen (secondary N) is 1. The summed E-state index contributed by atoms with van der Waals surface area (Å²) >= 11 is 0. The SMILES string of the molecule is C[C@H]1[C@H]2C3=CC[C@@H]4[C@@]5(C)CCC(=O)NC(C)(C)[C@@H]5CC[C@@]4(C)[C@]3(C)CC[C@@]2(C(N)=O)CC[C@@H]1C. The highest BCUT2D eigenvalue weighted by Gasteiger charge is 2.68. The van der Waals surface area contributed by atoms with E-state index in [1.54, 1.807) is 5.57 Å². The number of nitrogens with two attached hydrogens (primary N) is 1. The Kier molecular flexibility index (Phi) is 5.27. The van der Waals surface area contributed by atoms with Gasteiger partial charge in [0.1, 0.15) is 0 Å². The summed E-state index contributed by atoms with van der Waals surface area (Å²) in [7, 11) is 0. The van der Waals surface area contributed by atoms with E-state index < -0.39 is 0 Å². The molecule has 0 spiro atoms. The van der Waals surface area contributed by atoms with Crippen LogP contribution in [-0.2, 0) is 9.59 Å². The van der Waals surface area contributed by atoms with Crippen LogP contribution in [-0.4, -0.2) is 17.4 Å². The van der Waals surface area contributed by atoms with Gasteiger partial charge in [0.15, 0.2) is 0 Å². The predicted molar refractivity (Wildman–Crippen MR) is 137 cm³/mol. The van der Waals surface area contributed by atoms with Crippen LogP contribution in [0.2, 0.25) is 0 Å². The Hall–Kier alpha value is -1.32. The fraction of sp³-hybridized carbons (Fsp3) is 0.867. The first-order valence-electron chi connectivity index (χ1n) is 14.0. The van der Waals surface area contributed by atoms with Gasteiger partial charge in [-0.25, -0.2) is 0 Å². The van der Waals surface area contributed by atoms with Crippen molar-refractivity contribution >= 4 is 11.8 Å². The van der Waals surface area contributed by atoms with Crippen molar-refractivity contribution < 1.29 is 9.59 Å². The summed E-state index contributed by atoms with van der Waals surface area (Å²) in [5, 5.41) is 3.38. The quantitative estimate of drug-likeness (QED) is 0.463. The topological polar surface area (TPSA) is 72.2 Å². The van der Waals surface area contributed by atoms with E-state index in [2.05, 4.69) is 59.9 Å². The average molecular weight is 469 g/mol. The van der Waals surface area contributed by atoms with Crippen LogP contribution in [0.5, 0.6) is 0 Å². The lowest BCUT2D eigenvalue weighted by Crippen LogP contribution is -2.65. The number of rotatable bonds is 1. The Balaban J connectivity index is 1.62. The molecule has 5 rings (SSSR count). The lowest BCUT2D eigenvalue weighted by atomic mass is 9.34. The number of amides is 2. The van der Waals surface area contributed by atoms with Crippen LogP contribution in [0.15, 0.2) is 11.6 Å². The molecular weight excluding hydrogens is 420 g/mol. The van der Waals surface area contributed by atoms with E-state index in [0.717, 1.165) is 44.9 Å². The van der Waals surface area contributed by atoms with Crippen LogP contribution in [0.3, 0.4) is 0 Å². The molecule has 0 radical (unpaired) electrons. The minimum Gasteiger partial charge on any atom is -0.369 e. The largest absolute Gasteiger partial charge is 0.369 e. The van der Waals surface area contributed by atoms with Crippen molar-refractivity contribution in [2.75, 3.05) is 0 Å². The smallest absolute Gasteiger partial charge is 0.224 e. The number of hydrogen-bond donors (Lipinski definition) is 2. The molecule has 1 aliphatic heterocycles. The van der Waals surface area contributed by atoms with E-state index in [-0.39, 0.29) is 44.9 Å². The molecule has 4 nitrogen and oxygen atoms in total. The normalized spacial score (nSPS) is 52.0. The number of hydrogen-bond acceptors (Lipinski definition) is 2. The maximum Gasteiger partial charge on any atom is 0.224 e. The third-order valence-electron chi connectivity index (χ3n) is 13.0. The molecule has 0 aromatic carbocycles. The zero-order valence-corrected chi connectivity index (χ0v) is 22.7. The van der Waals surface area contributed by atoms with Gasteiger partial charge in [-0.2, -0.15) is 0 Å². The first kappa shape index (κ1) is 24.4. The van der Waals surface area contributed by atoms with E-state index in [1.165, 1.54) is 6.42 Å². The van der Waals surface area contributed by atoms with Gasteiger partial charge < -0.3 is 11.1 Å². The van der Waals surface area contributed by atoms with Crippen LogP contribution in [0.1, 0.15) is 106 Å². The van der Waals surface area contributed by atoms with Crippen LogP contribution >= 0.6 is 0 Å². The second kappa shape index (κ2) is 7.35. The first-order valence-corrected chi connectivity index (χ1v) is 14.0. The van der Waals surface area contributed by atoms with Crippen molar-refractivity contribution in [3.05, 3.63) is 11.6 Å². The van der Waals surface area contributed by atoms with Gasteiger partial charge in [-0.15, -0.1) is 0 Å². The van der Waals surface area contributed by atoms with E-state index in [0.29, 0.717) is 30.1 Å². The van der Waals surface area contributed by atoms with Crippen LogP contribution in [0, 0.1) is 51.2 Å². The molecule has 190 valence electrons. The molecule has 3 N–H and O–H groups in total. The van der Waals surface area contributed by atoms with Gasteiger partial charge in [-0.1, -0.05) is 46.3 Å². The molecule has 0 aromatic heterocycles. The monoisotopic (exact) mass is 468 g/mol. The number of carbonyl (C=O) groups is 2. The highest BCUT2D eigenvalue weighted by molar-refractivity contribution is 5.82. The van der Waals surface area contributed by atoms with Gasteiger partial charge in [-0.05, 0) is 111 Å². The zero-order chi connectivity index (χ0) is 24.9. The molecule has 0 unspecified atom stereocenters. The van der Waals surface area contributed by atoms with Gasteiger partial charge in [0.05, 0.1) is 5.41 Å². The van der Waals surface area contributed by atoms with Crippen molar-refractivity contribution in [3.63, 3.8) is 0 Å². The zero-order valence-electron chi connectivity index (χ0n) is 22.7. The molecule has 0 aromatic rings. The lowest BCUT2D eigenvalue weighted by molar-refractivity contribution is -0.166. The highest BCUT2D eigenvalue weighted by atomic mass is 16.2. The third-order valence-corrected chi connectivity index (χ3v) is 13.0. The standard InChI is InChI=1S/C30H48N2O2/c1-18-10-15-30(25(31)34)17-16-28(6)20(24(30)19(18)2)8-9-22-27(5)13-12-23(33)32-26(3,4)21(27)11-14-29(22,28)7/h8,18-19,21-22,24H,9-17H2,1-7H3,(H2,31,34)(H,32,33)/t18-,19+,21-,22+,24-,27-,28+,29+,30-/m0/s1.